The van der Waals surface area contributed by atoms with Crippen LogP contribution in [0.2, 0.25) is 0 Å². The average molecular weight is 462 g/mol. The van der Waals surface area contributed by atoms with Crippen LogP contribution in [0.15, 0.2) is 24.3 Å². The number of hydrogen-bond acceptors (Lipinski definition) is 13. The summed E-state index contributed by atoms with van der Waals surface area (Å²) >= 11 is 0. The molecule has 3 rings (SSSR count). The molecule has 1 aromatic rings. The molecular weight excluding hydrogens is 434 g/mol. The van der Waals surface area contributed by atoms with Gasteiger partial charge in [-0.1, -0.05) is 12.1 Å². The second-order valence-corrected chi connectivity index (χ2v) is 7.82. The molecule has 2 saturated heterocycles. The van der Waals surface area contributed by atoms with Crippen LogP contribution in [0, 0.1) is 5.21 Å². The molecule has 2 aliphatic rings. The van der Waals surface area contributed by atoms with E-state index in [-0.39, 0.29) is 30.7 Å². The second kappa shape index (κ2) is 10.6. The van der Waals surface area contributed by atoms with Crippen LogP contribution in [-0.2, 0) is 20.6 Å². The lowest BCUT2D eigenvalue weighted by atomic mass is 9.99. The van der Waals surface area contributed by atoms with Gasteiger partial charge in [0.2, 0.25) is 6.29 Å². The van der Waals surface area contributed by atoms with Gasteiger partial charge in [0, 0.05) is 6.54 Å². The summed E-state index contributed by atoms with van der Waals surface area (Å²) in [6, 6.07) is 6.36. The number of benzene rings is 1. The van der Waals surface area contributed by atoms with Crippen LogP contribution in [0.4, 0.5) is 0 Å². The Hall–Kier alpha value is -1.46. The van der Waals surface area contributed by atoms with Crippen LogP contribution >= 0.6 is 0 Å². The van der Waals surface area contributed by atoms with Crippen LogP contribution in [0.25, 0.3) is 0 Å². The van der Waals surface area contributed by atoms with Gasteiger partial charge in [0.25, 0.3) is 0 Å². The first kappa shape index (κ1) is 25.2. The highest BCUT2D eigenvalue weighted by Gasteiger charge is 2.50. The van der Waals surface area contributed by atoms with Gasteiger partial charge in [-0.3, -0.25) is 5.23 Å². The van der Waals surface area contributed by atoms with Crippen molar-refractivity contribution in [2.24, 2.45) is 0 Å². The Labute approximate surface area is 183 Å². The summed E-state index contributed by atoms with van der Waals surface area (Å²) in [6.07, 6.45) is -9.86. The maximum Gasteiger partial charge on any atom is 0.229 e. The van der Waals surface area contributed by atoms with Gasteiger partial charge < -0.3 is 60.0 Å². The van der Waals surface area contributed by atoms with Gasteiger partial charge in [-0.05, 0) is 24.1 Å². The summed E-state index contributed by atoms with van der Waals surface area (Å²) in [5.74, 6) is 0.270. The van der Waals surface area contributed by atoms with Crippen molar-refractivity contribution in [2.75, 3.05) is 26.4 Å². The number of rotatable bonds is 9. The van der Waals surface area contributed by atoms with Gasteiger partial charge in [0.05, 0.1) is 19.8 Å². The first-order chi connectivity index (χ1) is 15.1. The van der Waals surface area contributed by atoms with Gasteiger partial charge in [-0.15, -0.1) is 0 Å². The summed E-state index contributed by atoms with van der Waals surface area (Å²) in [5.41, 5.74) is -1.13. The zero-order valence-corrected chi connectivity index (χ0v) is 17.0. The molecule has 8 atom stereocenters. The van der Waals surface area contributed by atoms with Crippen molar-refractivity contribution >= 4 is 0 Å². The number of hydroxylamine groups is 2. The Balaban J connectivity index is 1.58. The smallest absolute Gasteiger partial charge is 0.229 e. The van der Waals surface area contributed by atoms with E-state index < -0.39 is 55.3 Å². The molecule has 0 unspecified atom stereocenters. The van der Waals surface area contributed by atoms with Crippen LogP contribution in [0.3, 0.4) is 0 Å². The average Bonchev–Trinajstić information content (AvgIpc) is 3.07. The van der Waals surface area contributed by atoms with Crippen LogP contribution < -0.4 is 4.74 Å². The molecule has 13 heteroatoms. The lowest BCUT2D eigenvalue weighted by Crippen LogP contribution is -2.60. The Bertz CT molecular complexity index is 721. The molecule has 0 aromatic heterocycles. The molecule has 2 heterocycles. The summed E-state index contributed by atoms with van der Waals surface area (Å²) in [4.78, 5) is 0. The number of hydrogen-bond donors (Lipinski definition) is 7. The van der Waals surface area contributed by atoms with Gasteiger partial charge in [-0.2, -0.15) is 0 Å². The Morgan fingerprint density at radius 3 is 2.34 bits per heavy atom. The Morgan fingerprint density at radius 2 is 1.75 bits per heavy atom. The minimum absolute atomic E-state index is 0.106. The van der Waals surface area contributed by atoms with Crippen LogP contribution in [-0.4, -0.2) is 116 Å². The molecule has 32 heavy (non-hydrogen) atoms. The molecular formula is C19H28NO12-. The van der Waals surface area contributed by atoms with E-state index in [4.69, 9.17) is 29.3 Å². The molecule has 0 radical (unpaired) electrons. The molecule has 13 nitrogen and oxygen atoms in total. The highest BCUT2D eigenvalue weighted by molar-refractivity contribution is 5.27. The summed E-state index contributed by atoms with van der Waals surface area (Å²) in [7, 11) is 0. The molecule has 0 saturated carbocycles. The zero-order chi connectivity index (χ0) is 23.5. The summed E-state index contributed by atoms with van der Waals surface area (Å²) in [6.45, 7) is -1.60. The van der Waals surface area contributed by atoms with E-state index >= 15 is 0 Å². The molecule has 0 amide bonds. The van der Waals surface area contributed by atoms with Gasteiger partial charge in [0.1, 0.15) is 41.9 Å². The fourth-order valence-electron chi connectivity index (χ4n) is 3.37. The molecule has 2 fully saturated rings. The first-order valence-corrected chi connectivity index (χ1v) is 9.98. The summed E-state index contributed by atoms with van der Waals surface area (Å²) < 4.78 is 21.6. The first-order valence-electron chi connectivity index (χ1n) is 9.98. The Morgan fingerprint density at radius 1 is 1.06 bits per heavy atom. The van der Waals surface area contributed by atoms with E-state index in [9.17, 15) is 30.7 Å². The molecule has 7 N–H and O–H groups in total. The van der Waals surface area contributed by atoms with Gasteiger partial charge in [0.15, 0.2) is 6.29 Å². The number of nitrogens with zero attached hydrogens (tertiary/aromatic N) is 1. The second-order valence-electron chi connectivity index (χ2n) is 7.82. The lowest BCUT2D eigenvalue weighted by Gasteiger charge is -2.40. The van der Waals surface area contributed by atoms with Crippen molar-refractivity contribution in [1.82, 2.24) is 5.23 Å². The molecule has 0 spiro atoms. The van der Waals surface area contributed by atoms with E-state index in [2.05, 4.69) is 0 Å². The standard InChI is InChI=1S/C19H28NO12/c21-8-19(26)9-30-18(16(19)25)29-7-12-13(22)14(23)15(24)17(32-12)31-11-3-1-10(2-4-11)5-6-20(27)28/h1-4,12-18,21-27H,5-9H2/q-1/t12-,13-,14-,15-,16-,17-,18-,19+/m1/s1. The normalized spacial score (nSPS) is 37.7. The third-order valence-electron chi connectivity index (χ3n) is 5.44. The SMILES string of the molecule is [O-]N(O)CCc1ccc(O[C@@H]2O[C@H](CO[C@@H]3OC[C@@](O)(CO)[C@@H]3O)[C@@H](O)[C@@H](O)[C@H]2O)cc1. The van der Waals surface area contributed by atoms with Crippen molar-refractivity contribution in [2.45, 2.75) is 55.1 Å². The maximum absolute atomic E-state index is 10.6. The zero-order valence-electron chi connectivity index (χ0n) is 17.0. The maximum atomic E-state index is 10.6. The fraction of sp³-hybridized carbons (Fsp3) is 0.684. The predicted molar refractivity (Wildman–Crippen MR) is 103 cm³/mol. The topological polar surface area (TPSA) is 205 Å². The largest absolute Gasteiger partial charge is 0.762 e. The van der Waals surface area contributed by atoms with Crippen molar-refractivity contribution in [3.8, 4) is 5.75 Å². The van der Waals surface area contributed by atoms with E-state index in [1.54, 1.807) is 24.3 Å². The highest BCUT2D eigenvalue weighted by atomic mass is 16.8. The highest BCUT2D eigenvalue weighted by Crippen LogP contribution is 2.28. The van der Waals surface area contributed by atoms with Crippen molar-refractivity contribution in [1.29, 1.82) is 0 Å². The molecule has 0 bridgehead atoms. The summed E-state index contributed by atoms with van der Waals surface area (Å²) in [5, 5.41) is 78.8. The van der Waals surface area contributed by atoms with Crippen molar-refractivity contribution in [3.63, 3.8) is 0 Å². The third-order valence-corrected chi connectivity index (χ3v) is 5.44. The van der Waals surface area contributed by atoms with E-state index in [0.29, 0.717) is 6.42 Å². The number of aliphatic hydroxyl groups excluding tert-OH is 5. The van der Waals surface area contributed by atoms with Crippen molar-refractivity contribution in [3.05, 3.63) is 35.0 Å². The molecule has 182 valence electrons. The monoisotopic (exact) mass is 462 g/mol. The molecule has 1 aromatic carbocycles. The fourth-order valence-corrected chi connectivity index (χ4v) is 3.37. The number of aliphatic hydroxyl groups is 6. The minimum atomic E-state index is -1.88. The quantitative estimate of drug-likeness (QED) is 0.184. The number of ether oxygens (including phenoxy) is 4. The lowest BCUT2D eigenvalue weighted by molar-refractivity contribution is -0.289. The van der Waals surface area contributed by atoms with Gasteiger partial charge >= 0.3 is 0 Å². The molecule has 0 aliphatic carbocycles. The van der Waals surface area contributed by atoms with Crippen molar-refractivity contribution < 1.29 is 54.8 Å². The van der Waals surface area contributed by atoms with E-state index in [0.717, 1.165) is 5.56 Å². The van der Waals surface area contributed by atoms with E-state index in [1.807, 2.05) is 0 Å². The van der Waals surface area contributed by atoms with E-state index in [1.165, 1.54) is 0 Å². The predicted octanol–water partition coefficient (Wildman–Crippen LogP) is -2.94. The third kappa shape index (κ3) is 5.72. The Kier molecular flexibility index (Phi) is 8.37. The van der Waals surface area contributed by atoms with Crippen LogP contribution in [0.1, 0.15) is 5.56 Å². The van der Waals surface area contributed by atoms with Crippen LogP contribution in [0.5, 0.6) is 5.75 Å². The minimum Gasteiger partial charge on any atom is -0.762 e. The molecule has 2 aliphatic heterocycles. The van der Waals surface area contributed by atoms with Gasteiger partial charge in [-0.25, -0.2) is 0 Å².